The van der Waals surface area contributed by atoms with Crippen molar-refractivity contribution in [2.75, 3.05) is 6.67 Å². The quantitative estimate of drug-likeness (QED) is 0.660. The topological polar surface area (TPSA) is 72.2 Å². The van der Waals surface area contributed by atoms with Gasteiger partial charge in [0.15, 0.2) is 15.8 Å². The lowest BCUT2D eigenvalue weighted by Gasteiger charge is -2.13. The fraction of sp³-hybridized carbons (Fsp3) is 0.357. The molecule has 26 heavy (non-hydrogen) atoms. The van der Waals surface area contributed by atoms with Crippen molar-refractivity contribution >= 4 is 39.4 Å². The van der Waals surface area contributed by atoms with Gasteiger partial charge in [-0.25, -0.2) is 27.1 Å². The van der Waals surface area contributed by atoms with Crippen molar-refractivity contribution < 1.29 is 17.4 Å². The summed E-state index contributed by atoms with van der Waals surface area (Å²) in [5.74, 6) is 0.261. The van der Waals surface area contributed by atoms with E-state index in [-0.39, 0.29) is 15.9 Å². The monoisotopic (exact) mass is 421 g/mol. The van der Waals surface area contributed by atoms with Gasteiger partial charge in [-0.2, -0.15) is 0 Å². The highest BCUT2D eigenvalue weighted by molar-refractivity contribution is 7.83. The van der Waals surface area contributed by atoms with Gasteiger partial charge in [0.2, 0.25) is 0 Å². The molecule has 4 rings (SSSR count). The number of hydrogen-bond donors (Lipinski definition) is 1. The molecule has 3 aromatic rings. The fourth-order valence-electron chi connectivity index (χ4n) is 2.37. The molecule has 0 radical (unpaired) electrons. The first-order valence-corrected chi connectivity index (χ1v) is 9.81. The first kappa shape index (κ1) is 17.8. The lowest BCUT2D eigenvalue weighted by Crippen LogP contribution is -2.34. The number of pyridine rings is 1. The summed E-state index contributed by atoms with van der Waals surface area (Å²) in [6.07, 6.45) is 1.49. The third kappa shape index (κ3) is 3.13. The van der Waals surface area contributed by atoms with Crippen molar-refractivity contribution in [2.24, 2.45) is 0 Å². The van der Waals surface area contributed by atoms with E-state index >= 15 is 0 Å². The number of nitrogens with zero attached hydrogens (tertiary/aromatic N) is 4. The van der Waals surface area contributed by atoms with Crippen LogP contribution in [0.2, 0.25) is 5.02 Å². The predicted octanol–water partition coefficient (Wildman–Crippen LogP) is 3.56. The minimum atomic E-state index is -2.72. The van der Waals surface area contributed by atoms with E-state index in [0.29, 0.717) is 23.3 Å². The van der Waals surface area contributed by atoms with E-state index in [2.05, 4.69) is 19.9 Å². The normalized spacial score (nSPS) is 17.1. The zero-order valence-corrected chi connectivity index (χ0v) is 15.3. The van der Waals surface area contributed by atoms with Crippen LogP contribution in [0.4, 0.5) is 13.2 Å². The van der Waals surface area contributed by atoms with Crippen LogP contribution in [0.1, 0.15) is 24.3 Å². The van der Waals surface area contributed by atoms with Crippen molar-refractivity contribution in [3.8, 4) is 10.8 Å². The average molecular weight is 422 g/mol. The van der Waals surface area contributed by atoms with Crippen LogP contribution >= 0.6 is 22.9 Å². The van der Waals surface area contributed by atoms with Gasteiger partial charge in [-0.3, -0.25) is 4.40 Å². The third-order valence-corrected chi connectivity index (χ3v) is 6.52. The first-order chi connectivity index (χ1) is 12.4. The Kier molecular flexibility index (Phi) is 4.49. The van der Waals surface area contributed by atoms with Crippen molar-refractivity contribution in [3.05, 3.63) is 28.5 Å². The first-order valence-electron chi connectivity index (χ1n) is 7.46. The smallest absolute Gasteiger partial charge is 0.291 e. The summed E-state index contributed by atoms with van der Waals surface area (Å²) in [6, 6.07) is 1.50. The summed E-state index contributed by atoms with van der Waals surface area (Å²) in [5, 5.41) is 7.24. The van der Waals surface area contributed by atoms with Crippen molar-refractivity contribution in [1.82, 2.24) is 24.3 Å². The molecule has 0 aliphatic heterocycles. The second-order valence-electron chi connectivity index (χ2n) is 5.89. The molecule has 0 amide bonds. The van der Waals surface area contributed by atoms with Gasteiger partial charge in [-0.15, -0.1) is 10.2 Å². The van der Waals surface area contributed by atoms with Gasteiger partial charge < -0.3 is 0 Å². The Labute approximate surface area is 157 Å². The summed E-state index contributed by atoms with van der Waals surface area (Å²) in [6.45, 7) is -0.605. The van der Waals surface area contributed by atoms with Crippen molar-refractivity contribution in [3.63, 3.8) is 0 Å². The number of hydrogen-bond acceptors (Lipinski definition) is 5. The van der Waals surface area contributed by atoms with Gasteiger partial charge in [0.25, 0.3) is 6.43 Å². The molecule has 1 atom stereocenters. The summed E-state index contributed by atoms with van der Waals surface area (Å²) < 4.78 is 55.4. The van der Waals surface area contributed by atoms with Gasteiger partial charge in [0.1, 0.15) is 17.7 Å². The zero-order valence-electron chi connectivity index (χ0n) is 13.0. The lowest BCUT2D eigenvalue weighted by atomic mass is 10.3. The molecule has 12 heteroatoms. The van der Waals surface area contributed by atoms with Crippen LogP contribution in [-0.4, -0.2) is 36.0 Å². The van der Waals surface area contributed by atoms with E-state index in [1.165, 1.54) is 22.9 Å². The van der Waals surface area contributed by atoms with Crippen LogP contribution in [0.25, 0.3) is 16.3 Å². The Bertz CT molecular complexity index is 1000. The number of nitrogens with one attached hydrogen (secondary N) is 1. The summed E-state index contributed by atoms with van der Waals surface area (Å²) >= 11 is 6.95. The Morgan fingerprint density at radius 2 is 2.19 bits per heavy atom. The molecule has 1 aliphatic carbocycles. The molecule has 1 fully saturated rings. The van der Waals surface area contributed by atoms with E-state index in [4.69, 9.17) is 11.6 Å². The van der Waals surface area contributed by atoms with Crippen LogP contribution in [-0.2, 0) is 11.0 Å². The molecule has 1 unspecified atom stereocenters. The maximum Gasteiger partial charge on any atom is 0.291 e. The van der Waals surface area contributed by atoms with Crippen molar-refractivity contribution in [1.29, 1.82) is 0 Å². The number of rotatable bonds is 6. The van der Waals surface area contributed by atoms with E-state index in [1.807, 2.05) is 0 Å². The van der Waals surface area contributed by atoms with Crippen LogP contribution in [0, 0.1) is 0 Å². The predicted molar refractivity (Wildman–Crippen MR) is 91.5 cm³/mol. The van der Waals surface area contributed by atoms with Gasteiger partial charge in [0.05, 0.1) is 27.2 Å². The summed E-state index contributed by atoms with van der Waals surface area (Å²) in [7, 11) is -1.68. The summed E-state index contributed by atoms with van der Waals surface area (Å²) in [4.78, 5) is 4.48. The van der Waals surface area contributed by atoms with Crippen LogP contribution < -0.4 is 4.72 Å². The zero-order chi connectivity index (χ0) is 18.5. The Morgan fingerprint density at radius 1 is 1.42 bits per heavy atom. The molecule has 6 nitrogen and oxygen atoms in total. The Hall–Kier alpha value is -1.56. The fourth-order valence-corrected chi connectivity index (χ4v) is 4.58. The molecule has 0 spiro atoms. The molecule has 0 aromatic carbocycles. The molecular formula is C14H11ClF3N5OS2. The summed E-state index contributed by atoms with van der Waals surface area (Å²) in [5.41, 5.74) is -0.238. The lowest BCUT2D eigenvalue weighted by molar-refractivity contribution is 0.150. The van der Waals surface area contributed by atoms with Crippen LogP contribution in [0.5, 0.6) is 0 Å². The number of alkyl halides is 3. The second kappa shape index (κ2) is 6.55. The minimum Gasteiger partial charge on any atom is -0.295 e. The highest BCUT2D eigenvalue weighted by Gasteiger charge is 2.44. The number of halogens is 4. The molecular weight excluding hydrogens is 411 g/mol. The minimum absolute atomic E-state index is 0.190. The SMILES string of the molecule is O=S(NC1(CF)CC1)c1cc(Cl)c2cnc(-c3nnc(C(F)F)s3)n2c1. The van der Waals surface area contributed by atoms with Gasteiger partial charge in [-0.05, 0) is 18.9 Å². The van der Waals surface area contributed by atoms with E-state index in [0.717, 1.165) is 11.3 Å². The van der Waals surface area contributed by atoms with E-state index in [9.17, 15) is 17.4 Å². The second-order valence-corrected chi connectivity index (χ2v) is 8.52. The Morgan fingerprint density at radius 3 is 2.81 bits per heavy atom. The number of aromatic nitrogens is 4. The molecule has 0 saturated heterocycles. The Balaban J connectivity index is 1.74. The van der Waals surface area contributed by atoms with Gasteiger partial charge >= 0.3 is 0 Å². The van der Waals surface area contributed by atoms with Crippen LogP contribution in [0.15, 0.2) is 23.4 Å². The maximum absolute atomic E-state index is 13.0. The molecule has 1 aliphatic rings. The van der Waals surface area contributed by atoms with Crippen molar-refractivity contribution in [2.45, 2.75) is 29.7 Å². The standard InChI is InChI=1S/C14H11ClF3N5OS2/c15-8-3-7(26(24)22-14(6-16)1-2-14)5-23-9(8)4-19-11(23)13-21-20-12(25-13)10(17)18/h3-5,10,22H,1-2,6H2. The highest BCUT2D eigenvalue weighted by atomic mass is 35.5. The van der Waals surface area contributed by atoms with Gasteiger partial charge in [0, 0.05) is 6.20 Å². The van der Waals surface area contributed by atoms with E-state index in [1.54, 1.807) is 0 Å². The number of imidazole rings is 1. The van der Waals surface area contributed by atoms with Crippen LogP contribution in [0.3, 0.4) is 0 Å². The maximum atomic E-state index is 13.0. The molecule has 1 saturated carbocycles. The molecule has 0 bridgehead atoms. The molecule has 138 valence electrons. The molecule has 3 heterocycles. The number of fused-ring (bicyclic) bond motifs is 1. The molecule has 3 aromatic heterocycles. The molecule has 1 N–H and O–H groups in total. The van der Waals surface area contributed by atoms with E-state index < -0.39 is 34.6 Å². The highest BCUT2D eigenvalue weighted by Crippen LogP contribution is 2.37. The largest absolute Gasteiger partial charge is 0.295 e. The van der Waals surface area contributed by atoms with Gasteiger partial charge in [-0.1, -0.05) is 22.9 Å². The third-order valence-electron chi connectivity index (χ3n) is 4.02. The average Bonchev–Trinajstić information content (AvgIpc) is 3.03.